The fraction of sp³-hybridized carbons (Fsp3) is 0.250. The van der Waals surface area contributed by atoms with Gasteiger partial charge in [0, 0.05) is 16.8 Å². The molecule has 10 heteroatoms. The average Bonchev–Trinajstić information content (AvgIpc) is 2.97. The summed E-state index contributed by atoms with van der Waals surface area (Å²) < 4.78 is 54.7. The normalized spacial score (nSPS) is 16.9. The standard InChI is InChI=1S/C24H25BClFN2O4S/c1-23(2)24(3,4)33-25(32-23)17-9-5-7-11-20(17)28-16-13-14-21(19(27)15-16)29-34(30,31)22-12-8-6-10-18(22)26/h5-15,28-29H,1-4H3. The van der Waals surface area contributed by atoms with Crippen molar-refractivity contribution in [2.24, 2.45) is 0 Å². The number of halogens is 2. The van der Waals surface area contributed by atoms with Crippen molar-refractivity contribution in [2.75, 3.05) is 10.0 Å². The number of para-hydroxylation sites is 1. The molecule has 0 saturated carbocycles. The molecule has 6 nitrogen and oxygen atoms in total. The molecule has 1 fully saturated rings. The van der Waals surface area contributed by atoms with Crippen LogP contribution in [0.15, 0.2) is 71.6 Å². The lowest BCUT2D eigenvalue weighted by Crippen LogP contribution is -2.41. The van der Waals surface area contributed by atoms with E-state index in [1.165, 1.54) is 24.3 Å². The zero-order chi connectivity index (χ0) is 24.7. The predicted octanol–water partition coefficient (Wildman–Crippen LogP) is 5.32. The molecule has 2 N–H and O–H groups in total. The number of rotatable bonds is 6. The summed E-state index contributed by atoms with van der Waals surface area (Å²) in [7, 11) is -4.65. The smallest absolute Gasteiger partial charge is 0.399 e. The van der Waals surface area contributed by atoms with Gasteiger partial charge in [0.2, 0.25) is 0 Å². The van der Waals surface area contributed by atoms with Crippen molar-refractivity contribution in [3.05, 3.63) is 77.6 Å². The van der Waals surface area contributed by atoms with E-state index in [9.17, 15) is 12.8 Å². The quantitative estimate of drug-likeness (QED) is 0.446. The molecule has 3 aromatic carbocycles. The molecule has 0 aromatic heterocycles. The van der Waals surface area contributed by atoms with Crippen molar-refractivity contribution in [1.82, 2.24) is 0 Å². The molecule has 0 atom stereocenters. The summed E-state index contributed by atoms with van der Waals surface area (Å²) in [4.78, 5) is -0.130. The molecular formula is C24H25BClFN2O4S. The maximum atomic E-state index is 14.9. The van der Waals surface area contributed by atoms with E-state index in [4.69, 9.17) is 20.9 Å². The fourth-order valence-corrected chi connectivity index (χ4v) is 5.07. The number of sulfonamides is 1. The molecular weight excluding hydrogens is 478 g/mol. The van der Waals surface area contributed by atoms with Gasteiger partial charge in [0.25, 0.3) is 10.0 Å². The lowest BCUT2D eigenvalue weighted by atomic mass is 9.77. The van der Waals surface area contributed by atoms with Gasteiger partial charge < -0.3 is 14.6 Å². The minimum Gasteiger partial charge on any atom is -0.399 e. The highest BCUT2D eigenvalue weighted by Crippen LogP contribution is 2.37. The zero-order valence-corrected chi connectivity index (χ0v) is 20.8. The summed E-state index contributed by atoms with van der Waals surface area (Å²) in [5.41, 5.74) is 0.691. The van der Waals surface area contributed by atoms with Crippen LogP contribution in [0.4, 0.5) is 21.5 Å². The van der Waals surface area contributed by atoms with Crippen molar-refractivity contribution in [1.29, 1.82) is 0 Å². The molecule has 0 amide bonds. The van der Waals surface area contributed by atoms with Gasteiger partial charge in [0.1, 0.15) is 10.7 Å². The van der Waals surface area contributed by atoms with Crippen LogP contribution < -0.4 is 15.5 Å². The second kappa shape index (κ2) is 8.89. The third-order valence-electron chi connectivity index (χ3n) is 6.09. The molecule has 1 aliphatic heterocycles. The Labute approximate surface area is 204 Å². The third-order valence-corrected chi connectivity index (χ3v) is 7.95. The van der Waals surface area contributed by atoms with Crippen LogP contribution in [-0.4, -0.2) is 26.7 Å². The molecule has 34 heavy (non-hydrogen) atoms. The lowest BCUT2D eigenvalue weighted by Gasteiger charge is -2.32. The molecule has 3 aromatic rings. The molecule has 0 spiro atoms. The number of anilines is 3. The molecule has 0 radical (unpaired) electrons. The third kappa shape index (κ3) is 4.79. The van der Waals surface area contributed by atoms with E-state index in [1.54, 1.807) is 18.2 Å². The molecule has 0 unspecified atom stereocenters. The van der Waals surface area contributed by atoms with Crippen LogP contribution in [0.5, 0.6) is 0 Å². The Morgan fingerprint density at radius 2 is 1.50 bits per heavy atom. The highest BCUT2D eigenvalue weighted by Gasteiger charge is 2.52. The van der Waals surface area contributed by atoms with Crippen LogP contribution in [0.25, 0.3) is 0 Å². The topological polar surface area (TPSA) is 76.7 Å². The van der Waals surface area contributed by atoms with Crippen molar-refractivity contribution in [3.63, 3.8) is 0 Å². The Hall–Kier alpha value is -2.59. The van der Waals surface area contributed by atoms with Gasteiger partial charge in [-0.15, -0.1) is 0 Å². The van der Waals surface area contributed by atoms with Gasteiger partial charge in [-0.1, -0.05) is 41.9 Å². The number of nitrogens with one attached hydrogen (secondary N) is 2. The summed E-state index contributed by atoms with van der Waals surface area (Å²) >= 11 is 5.99. The van der Waals surface area contributed by atoms with Crippen molar-refractivity contribution in [3.8, 4) is 0 Å². The Morgan fingerprint density at radius 1 is 0.882 bits per heavy atom. The highest BCUT2D eigenvalue weighted by molar-refractivity contribution is 7.92. The lowest BCUT2D eigenvalue weighted by molar-refractivity contribution is 0.00578. The summed E-state index contributed by atoms with van der Waals surface area (Å²) in [5.74, 6) is -0.742. The van der Waals surface area contributed by atoms with Gasteiger partial charge in [0.15, 0.2) is 0 Å². The van der Waals surface area contributed by atoms with E-state index < -0.39 is 34.2 Å². The first kappa shape index (κ1) is 24.5. The van der Waals surface area contributed by atoms with Crippen molar-refractivity contribution < 1.29 is 22.1 Å². The second-order valence-electron chi connectivity index (χ2n) is 9.03. The van der Waals surface area contributed by atoms with E-state index in [2.05, 4.69) is 10.0 Å². The van der Waals surface area contributed by atoms with Gasteiger partial charge in [-0.05, 0) is 64.1 Å². The first-order valence-electron chi connectivity index (χ1n) is 10.7. The predicted molar refractivity (Wildman–Crippen MR) is 134 cm³/mol. The second-order valence-corrected chi connectivity index (χ2v) is 11.1. The summed E-state index contributed by atoms with van der Waals surface area (Å²) in [6, 6.07) is 17.5. The SMILES string of the molecule is CC1(C)OB(c2ccccc2Nc2ccc(NS(=O)(=O)c3ccccc3Cl)c(F)c2)OC1(C)C. The largest absolute Gasteiger partial charge is 0.496 e. The van der Waals surface area contributed by atoms with E-state index in [0.29, 0.717) is 11.4 Å². The van der Waals surface area contributed by atoms with E-state index in [0.717, 1.165) is 5.46 Å². The summed E-state index contributed by atoms with van der Waals surface area (Å²) in [5, 5.41) is 3.23. The van der Waals surface area contributed by atoms with Crippen LogP contribution in [0.1, 0.15) is 27.7 Å². The van der Waals surface area contributed by atoms with E-state index >= 15 is 0 Å². The minimum absolute atomic E-state index is 0.0491. The Balaban J connectivity index is 1.56. The zero-order valence-electron chi connectivity index (χ0n) is 19.2. The van der Waals surface area contributed by atoms with Crippen LogP contribution in [0.3, 0.4) is 0 Å². The van der Waals surface area contributed by atoms with Gasteiger partial charge >= 0.3 is 7.12 Å². The van der Waals surface area contributed by atoms with Crippen LogP contribution >= 0.6 is 11.6 Å². The van der Waals surface area contributed by atoms with E-state index in [-0.39, 0.29) is 15.6 Å². The fourth-order valence-electron chi connectivity index (χ4n) is 3.48. The minimum atomic E-state index is -4.05. The molecule has 0 aliphatic carbocycles. The maximum absolute atomic E-state index is 14.9. The molecule has 0 bridgehead atoms. The Morgan fingerprint density at radius 3 is 2.15 bits per heavy atom. The Bertz CT molecular complexity index is 1320. The van der Waals surface area contributed by atoms with Crippen LogP contribution in [0.2, 0.25) is 5.02 Å². The van der Waals surface area contributed by atoms with Crippen LogP contribution in [-0.2, 0) is 19.3 Å². The number of hydrogen-bond acceptors (Lipinski definition) is 5. The van der Waals surface area contributed by atoms with Gasteiger partial charge in [-0.2, -0.15) is 0 Å². The molecule has 1 saturated heterocycles. The maximum Gasteiger partial charge on any atom is 0.496 e. The van der Waals surface area contributed by atoms with Gasteiger partial charge in [-0.3, -0.25) is 4.72 Å². The number of hydrogen-bond donors (Lipinski definition) is 2. The molecule has 178 valence electrons. The van der Waals surface area contributed by atoms with Crippen molar-refractivity contribution >= 4 is 51.3 Å². The molecule has 1 aliphatic rings. The molecule has 1 heterocycles. The number of benzene rings is 3. The first-order valence-corrected chi connectivity index (χ1v) is 12.5. The Kier molecular flexibility index (Phi) is 6.41. The van der Waals surface area contributed by atoms with Gasteiger partial charge in [-0.25, -0.2) is 12.8 Å². The average molecular weight is 503 g/mol. The first-order chi connectivity index (χ1) is 15.9. The van der Waals surface area contributed by atoms with Crippen LogP contribution in [0, 0.1) is 5.82 Å². The molecule has 4 rings (SSSR count). The summed E-state index contributed by atoms with van der Waals surface area (Å²) in [6.07, 6.45) is 0. The van der Waals surface area contributed by atoms with Gasteiger partial charge in [0.05, 0.1) is 21.9 Å². The van der Waals surface area contributed by atoms with Crippen molar-refractivity contribution in [2.45, 2.75) is 43.8 Å². The monoisotopic (exact) mass is 502 g/mol. The highest BCUT2D eigenvalue weighted by atomic mass is 35.5. The van der Waals surface area contributed by atoms with E-state index in [1.807, 2.05) is 52.0 Å². The summed E-state index contributed by atoms with van der Waals surface area (Å²) in [6.45, 7) is 7.89.